The lowest BCUT2D eigenvalue weighted by atomic mass is 10.2. The van der Waals surface area contributed by atoms with Gasteiger partial charge in [-0.1, -0.05) is 24.8 Å². The Kier molecular flexibility index (Phi) is 6.61. The van der Waals surface area contributed by atoms with E-state index in [1.54, 1.807) is 19.2 Å². The average molecular weight is 350 g/mol. The number of nitrogens with zero attached hydrogens (tertiary/aromatic N) is 1. The van der Waals surface area contributed by atoms with E-state index in [1.165, 1.54) is 23.1 Å². The van der Waals surface area contributed by atoms with Crippen LogP contribution in [0.25, 0.3) is 0 Å². The van der Waals surface area contributed by atoms with E-state index in [9.17, 15) is 9.59 Å². The number of hydrogen-bond acceptors (Lipinski definition) is 6. The van der Waals surface area contributed by atoms with Gasteiger partial charge in [-0.05, 0) is 31.5 Å². The second-order valence-corrected chi connectivity index (χ2v) is 6.67. The molecule has 2 aromatic rings. The van der Waals surface area contributed by atoms with Crippen molar-refractivity contribution in [3.63, 3.8) is 0 Å². The van der Waals surface area contributed by atoms with Crippen molar-refractivity contribution in [1.82, 2.24) is 4.98 Å². The van der Waals surface area contributed by atoms with Crippen LogP contribution in [-0.2, 0) is 16.0 Å². The summed E-state index contributed by atoms with van der Waals surface area (Å²) in [4.78, 5) is 29.3. The van der Waals surface area contributed by atoms with Crippen LogP contribution in [-0.4, -0.2) is 29.2 Å². The lowest BCUT2D eigenvalue weighted by Gasteiger charge is -2.05. The van der Waals surface area contributed by atoms with Crippen molar-refractivity contribution in [2.24, 2.45) is 0 Å². The first-order valence-corrected chi connectivity index (χ1v) is 9.07. The molecule has 5 nitrogen and oxygen atoms in total. The van der Waals surface area contributed by atoms with Gasteiger partial charge < -0.3 is 10.1 Å². The molecule has 0 aliphatic heterocycles. The SMILES string of the molecule is CCOC(=O)c1cc(CC)sc1NC(=O)CSc1ccccn1. The number of carbonyl (C=O) groups excluding carboxylic acids is 2. The quantitative estimate of drug-likeness (QED) is 0.610. The number of carbonyl (C=O) groups is 2. The van der Waals surface area contributed by atoms with Crippen LogP contribution in [0.5, 0.6) is 0 Å². The number of esters is 1. The third-order valence-corrected chi connectivity index (χ3v) is 5.01. The van der Waals surface area contributed by atoms with E-state index in [0.29, 0.717) is 17.2 Å². The summed E-state index contributed by atoms with van der Waals surface area (Å²) in [5.41, 5.74) is 0.421. The molecule has 2 aromatic heterocycles. The standard InChI is InChI=1S/C16H18N2O3S2/c1-3-11-9-12(16(20)21-4-2)15(23-11)18-13(19)10-22-14-7-5-6-8-17-14/h5-9H,3-4,10H2,1-2H3,(H,18,19). The number of anilines is 1. The van der Waals surface area contributed by atoms with E-state index < -0.39 is 5.97 Å². The van der Waals surface area contributed by atoms with Gasteiger partial charge in [0, 0.05) is 11.1 Å². The van der Waals surface area contributed by atoms with E-state index in [-0.39, 0.29) is 11.7 Å². The predicted molar refractivity (Wildman–Crippen MR) is 93.2 cm³/mol. The highest BCUT2D eigenvalue weighted by atomic mass is 32.2. The smallest absolute Gasteiger partial charge is 0.341 e. The molecule has 0 spiro atoms. The lowest BCUT2D eigenvalue weighted by molar-refractivity contribution is -0.113. The Hall–Kier alpha value is -1.86. The molecule has 0 aliphatic rings. The van der Waals surface area contributed by atoms with Crippen LogP contribution in [0, 0.1) is 0 Å². The summed E-state index contributed by atoms with van der Waals surface area (Å²) in [7, 11) is 0. The zero-order valence-corrected chi connectivity index (χ0v) is 14.6. The van der Waals surface area contributed by atoms with Crippen LogP contribution < -0.4 is 5.32 Å². The van der Waals surface area contributed by atoms with Gasteiger partial charge in [-0.3, -0.25) is 4.79 Å². The van der Waals surface area contributed by atoms with Crippen LogP contribution in [0.15, 0.2) is 35.5 Å². The van der Waals surface area contributed by atoms with Crippen LogP contribution in [0.1, 0.15) is 29.1 Å². The summed E-state index contributed by atoms with van der Waals surface area (Å²) in [6.45, 7) is 4.06. The zero-order valence-electron chi connectivity index (χ0n) is 13.0. The molecule has 0 aliphatic carbocycles. The van der Waals surface area contributed by atoms with Gasteiger partial charge in [0.1, 0.15) is 5.00 Å². The van der Waals surface area contributed by atoms with Crippen molar-refractivity contribution in [3.05, 3.63) is 40.9 Å². The first kappa shape index (κ1) is 17.5. The van der Waals surface area contributed by atoms with Crippen LogP contribution in [0.2, 0.25) is 0 Å². The molecule has 0 fully saturated rings. The van der Waals surface area contributed by atoms with Crippen LogP contribution >= 0.6 is 23.1 Å². The van der Waals surface area contributed by atoms with Crippen LogP contribution in [0.4, 0.5) is 5.00 Å². The Morgan fingerprint density at radius 2 is 2.17 bits per heavy atom. The van der Waals surface area contributed by atoms with Gasteiger partial charge in [-0.2, -0.15) is 0 Å². The number of hydrogen-bond donors (Lipinski definition) is 1. The number of thioether (sulfide) groups is 1. The fourth-order valence-corrected chi connectivity index (χ4v) is 3.47. The molecule has 23 heavy (non-hydrogen) atoms. The summed E-state index contributed by atoms with van der Waals surface area (Å²) in [6.07, 6.45) is 2.49. The maximum atomic E-state index is 12.1. The first-order valence-electron chi connectivity index (χ1n) is 7.27. The molecule has 0 aromatic carbocycles. The number of nitrogens with one attached hydrogen (secondary N) is 1. The van der Waals surface area contributed by atoms with Crippen molar-refractivity contribution in [3.8, 4) is 0 Å². The predicted octanol–water partition coefficient (Wildman–Crippen LogP) is 3.61. The Morgan fingerprint density at radius 1 is 1.35 bits per heavy atom. The fourth-order valence-electron chi connectivity index (χ4n) is 1.80. The number of aromatic nitrogens is 1. The second kappa shape index (κ2) is 8.69. The van der Waals surface area contributed by atoms with Gasteiger partial charge in [-0.25, -0.2) is 9.78 Å². The Bertz CT molecular complexity index is 671. The minimum Gasteiger partial charge on any atom is -0.462 e. The Labute approximate surface area is 143 Å². The summed E-state index contributed by atoms with van der Waals surface area (Å²) in [6, 6.07) is 7.33. The van der Waals surface area contributed by atoms with Gasteiger partial charge in [0.25, 0.3) is 0 Å². The molecule has 0 bridgehead atoms. The molecule has 7 heteroatoms. The van der Waals surface area contributed by atoms with Gasteiger partial charge >= 0.3 is 5.97 Å². The molecule has 1 amide bonds. The number of thiophene rings is 1. The maximum Gasteiger partial charge on any atom is 0.341 e. The van der Waals surface area contributed by atoms with Gasteiger partial charge in [-0.15, -0.1) is 11.3 Å². The number of aryl methyl sites for hydroxylation is 1. The van der Waals surface area contributed by atoms with Crippen molar-refractivity contribution in [2.75, 3.05) is 17.7 Å². The second-order valence-electron chi connectivity index (χ2n) is 4.53. The third kappa shape index (κ3) is 5.07. The highest BCUT2D eigenvalue weighted by molar-refractivity contribution is 7.99. The zero-order chi connectivity index (χ0) is 16.7. The maximum absolute atomic E-state index is 12.1. The van der Waals surface area contributed by atoms with Crippen LogP contribution in [0.3, 0.4) is 0 Å². The topological polar surface area (TPSA) is 68.3 Å². The summed E-state index contributed by atoms with van der Waals surface area (Å²) < 4.78 is 5.04. The van der Waals surface area contributed by atoms with E-state index in [2.05, 4.69) is 10.3 Å². The van der Waals surface area contributed by atoms with Gasteiger partial charge in [0.05, 0.1) is 22.9 Å². The molecule has 0 saturated carbocycles. The van der Waals surface area contributed by atoms with Crippen molar-refractivity contribution < 1.29 is 14.3 Å². The molecular formula is C16H18N2O3S2. The number of rotatable bonds is 7. The van der Waals surface area contributed by atoms with E-state index in [1.807, 2.05) is 25.1 Å². The molecule has 0 saturated heterocycles. The Balaban J connectivity index is 2.02. The minimum atomic E-state index is -0.406. The van der Waals surface area contributed by atoms with Gasteiger partial charge in [0.2, 0.25) is 5.91 Å². The Morgan fingerprint density at radius 3 is 2.83 bits per heavy atom. The molecule has 2 rings (SSSR count). The normalized spacial score (nSPS) is 10.3. The highest BCUT2D eigenvalue weighted by Gasteiger charge is 2.18. The van der Waals surface area contributed by atoms with E-state index in [4.69, 9.17) is 4.74 Å². The summed E-state index contributed by atoms with van der Waals surface area (Å²) >= 11 is 2.76. The summed E-state index contributed by atoms with van der Waals surface area (Å²) in [5, 5.41) is 4.14. The molecule has 0 atom stereocenters. The fraction of sp³-hybridized carbons (Fsp3) is 0.312. The number of ether oxygens (including phenoxy) is 1. The van der Waals surface area contributed by atoms with E-state index >= 15 is 0 Å². The van der Waals surface area contributed by atoms with Crippen molar-refractivity contribution in [2.45, 2.75) is 25.3 Å². The minimum absolute atomic E-state index is 0.171. The number of amides is 1. The van der Waals surface area contributed by atoms with Crippen molar-refractivity contribution in [1.29, 1.82) is 0 Å². The highest BCUT2D eigenvalue weighted by Crippen LogP contribution is 2.29. The average Bonchev–Trinajstić information content (AvgIpc) is 2.97. The van der Waals surface area contributed by atoms with E-state index in [0.717, 1.165) is 16.3 Å². The third-order valence-electron chi connectivity index (χ3n) is 2.87. The molecule has 1 N–H and O–H groups in total. The summed E-state index contributed by atoms with van der Waals surface area (Å²) in [5.74, 6) is -0.342. The lowest BCUT2D eigenvalue weighted by Crippen LogP contribution is -2.16. The van der Waals surface area contributed by atoms with Gasteiger partial charge in [0.15, 0.2) is 0 Å². The molecule has 0 radical (unpaired) electrons. The molecular weight excluding hydrogens is 332 g/mol. The first-order chi connectivity index (χ1) is 11.1. The number of pyridine rings is 1. The molecule has 0 unspecified atom stereocenters. The molecule has 122 valence electrons. The monoisotopic (exact) mass is 350 g/mol. The van der Waals surface area contributed by atoms with Crippen molar-refractivity contribution >= 4 is 40.0 Å². The molecule has 2 heterocycles. The largest absolute Gasteiger partial charge is 0.462 e.